The van der Waals surface area contributed by atoms with E-state index < -0.39 is 18.0 Å². The van der Waals surface area contributed by atoms with Gasteiger partial charge in [0.1, 0.15) is 6.04 Å². The molecule has 5 nitrogen and oxygen atoms in total. The van der Waals surface area contributed by atoms with Crippen molar-refractivity contribution in [2.45, 2.75) is 25.4 Å². The van der Waals surface area contributed by atoms with Crippen LogP contribution in [0.5, 0.6) is 0 Å². The second kappa shape index (κ2) is 7.41. The van der Waals surface area contributed by atoms with Gasteiger partial charge in [0.2, 0.25) is 0 Å². The molecule has 106 valence electrons. The number of terminal acetylenes is 1. The van der Waals surface area contributed by atoms with Gasteiger partial charge in [-0.05, 0) is 24.6 Å². The molecule has 6 heteroatoms. The Bertz CT molecular complexity index is 539. The second-order valence-corrected chi connectivity index (χ2v) is 4.63. The summed E-state index contributed by atoms with van der Waals surface area (Å²) in [4.78, 5) is 22.6. The van der Waals surface area contributed by atoms with E-state index in [-0.39, 0.29) is 12.5 Å². The monoisotopic (exact) mass is 294 g/mol. The van der Waals surface area contributed by atoms with Gasteiger partial charge in [0.05, 0.1) is 6.04 Å². The first-order valence-electron chi connectivity index (χ1n) is 5.92. The van der Waals surface area contributed by atoms with Gasteiger partial charge < -0.3 is 15.7 Å². The maximum absolute atomic E-state index is 11.7. The van der Waals surface area contributed by atoms with Crippen molar-refractivity contribution < 1.29 is 14.7 Å². The fraction of sp³-hybridized carbons (Fsp3) is 0.286. The number of hydrogen-bond donors (Lipinski definition) is 3. The van der Waals surface area contributed by atoms with Crippen molar-refractivity contribution in [3.63, 3.8) is 0 Å². The zero-order valence-corrected chi connectivity index (χ0v) is 11.6. The van der Waals surface area contributed by atoms with E-state index in [9.17, 15) is 9.59 Å². The van der Waals surface area contributed by atoms with Gasteiger partial charge in [0.25, 0.3) is 0 Å². The molecule has 20 heavy (non-hydrogen) atoms. The third-order valence-corrected chi connectivity index (χ3v) is 2.86. The predicted molar refractivity (Wildman–Crippen MR) is 76.4 cm³/mol. The van der Waals surface area contributed by atoms with Crippen LogP contribution in [-0.4, -0.2) is 23.1 Å². The Morgan fingerprint density at radius 2 is 2.15 bits per heavy atom. The highest BCUT2D eigenvalue weighted by atomic mass is 35.5. The van der Waals surface area contributed by atoms with Crippen molar-refractivity contribution in [3.8, 4) is 12.3 Å². The van der Waals surface area contributed by atoms with Crippen molar-refractivity contribution >= 4 is 23.6 Å². The fourth-order valence-electron chi connectivity index (χ4n) is 1.57. The van der Waals surface area contributed by atoms with E-state index in [0.717, 1.165) is 5.56 Å². The SMILES string of the molecule is C#CCC(NC(=O)NC(C)c1cccc(Cl)c1)C(=O)O. The number of rotatable bonds is 5. The van der Waals surface area contributed by atoms with Crippen LogP contribution in [0.15, 0.2) is 24.3 Å². The molecule has 0 aliphatic rings. The molecule has 3 N–H and O–H groups in total. The highest BCUT2D eigenvalue weighted by Crippen LogP contribution is 2.17. The average molecular weight is 295 g/mol. The minimum atomic E-state index is -1.17. The summed E-state index contributed by atoms with van der Waals surface area (Å²) in [5.41, 5.74) is 0.816. The molecular formula is C14H15ClN2O3. The van der Waals surface area contributed by atoms with Crippen LogP contribution in [-0.2, 0) is 4.79 Å². The molecule has 0 radical (unpaired) electrons. The quantitative estimate of drug-likeness (QED) is 0.728. The number of hydrogen-bond acceptors (Lipinski definition) is 2. The first-order chi connectivity index (χ1) is 9.43. The van der Waals surface area contributed by atoms with E-state index >= 15 is 0 Å². The standard InChI is InChI=1S/C14H15ClN2O3/c1-3-5-12(13(18)19)17-14(20)16-9(2)10-6-4-7-11(15)8-10/h1,4,6-9,12H,5H2,2H3,(H,18,19)(H2,16,17,20). The van der Waals surface area contributed by atoms with Gasteiger partial charge in [-0.25, -0.2) is 9.59 Å². The molecule has 0 fully saturated rings. The van der Waals surface area contributed by atoms with Crippen molar-refractivity contribution in [1.29, 1.82) is 0 Å². The Morgan fingerprint density at radius 3 is 2.70 bits per heavy atom. The van der Waals surface area contributed by atoms with Crippen LogP contribution >= 0.6 is 11.6 Å². The summed E-state index contributed by atoms with van der Waals surface area (Å²) in [7, 11) is 0. The van der Waals surface area contributed by atoms with Gasteiger partial charge in [0, 0.05) is 11.4 Å². The molecule has 0 aliphatic carbocycles. The third-order valence-electron chi connectivity index (χ3n) is 2.62. The molecule has 0 spiro atoms. The van der Waals surface area contributed by atoms with Crippen LogP contribution in [0.1, 0.15) is 24.9 Å². The van der Waals surface area contributed by atoms with Gasteiger partial charge in [0.15, 0.2) is 0 Å². The normalized spacial score (nSPS) is 12.8. The van der Waals surface area contributed by atoms with Crippen LogP contribution in [0, 0.1) is 12.3 Å². The number of carboxylic acids is 1. The van der Waals surface area contributed by atoms with Crippen molar-refractivity contribution in [2.75, 3.05) is 0 Å². The van der Waals surface area contributed by atoms with Gasteiger partial charge in [-0.2, -0.15) is 0 Å². The fourth-order valence-corrected chi connectivity index (χ4v) is 1.77. The van der Waals surface area contributed by atoms with E-state index in [1.54, 1.807) is 25.1 Å². The molecule has 1 aromatic rings. The number of carbonyl (C=O) groups excluding carboxylic acids is 1. The molecule has 0 aliphatic heterocycles. The molecule has 0 saturated carbocycles. The molecular weight excluding hydrogens is 280 g/mol. The molecule has 1 aromatic carbocycles. The van der Waals surface area contributed by atoms with Crippen LogP contribution in [0.3, 0.4) is 0 Å². The average Bonchev–Trinajstić information content (AvgIpc) is 2.38. The molecule has 0 bridgehead atoms. The van der Waals surface area contributed by atoms with Crippen molar-refractivity contribution in [3.05, 3.63) is 34.9 Å². The summed E-state index contributed by atoms with van der Waals surface area (Å²) in [6.07, 6.45) is 4.98. The van der Waals surface area contributed by atoms with E-state index in [1.165, 1.54) is 0 Å². The molecule has 0 heterocycles. The minimum Gasteiger partial charge on any atom is -0.480 e. The first-order valence-corrected chi connectivity index (χ1v) is 6.30. The van der Waals surface area contributed by atoms with Crippen LogP contribution in [0.25, 0.3) is 0 Å². The van der Waals surface area contributed by atoms with E-state index in [4.69, 9.17) is 23.1 Å². The Morgan fingerprint density at radius 1 is 1.45 bits per heavy atom. The van der Waals surface area contributed by atoms with Gasteiger partial charge >= 0.3 is 12.0 Å². The molecule has 0 saturated heterocycles. The summed E-state index contributed by atoms with van der Waals surface area (Å²) in [6.45, 7) is 1.77. The maximum Gasteiger partial charge on any atom is 0.327 e. The van der Waals surface area contributed by atoms with Crippen molar-refractivity contribution in [2.24, 2.45) is 0 Å². The maximum atomic E-state index is 11.7. The number of carboxylic acid groups (broad SMARTS) is 1. The predicted octanol–water partition coefficient (Wildman–Crippen LogP) is 2.18. The summed E-state index contributed by atoms with van der Waals surface area (Å²) in [5, 5.41) is 14.4. The number of aliphatic carboxylic acids is 1. The van der Waals surface area contributed by atoms with Gasteiger partial charge in [-0.15, -0.1) is 12.3 Å². The minimum absolute atomic E-state index is 0.0751. The number of amides is 2. The van der Waals surface area contributed by atoms with E-state index in [0.29, 0.717) is 5.02 Å². The summed E-state index contributed by atoms with van der Waals surface area (Å²) in [5.74, 6) is 1.03. The third kappa shape index (κ3) is 4.82. The second-order valence-electron chi connectivity index (χ2n) is 4.19. The number of carbonyl (C=O) groups is 2. The molecule has 2 atom stereocenters. The zero-order valence-electron chi connectivity index (χ0n) is 10.9. The van der Waals surface area contributed by atoms with Crippen molar-refractivity contribution in [1.82, 2.24) is 10.6 Å². The zero-order chi connectivity index (χ0) is 15.1. The Labute approximate surface area is 122 Å². The summed E-state index contributed by atoms with van der Waals surface area (Å²) < 4.78 is 0. The Kier molecular flexibility index (Phi) is 5.88. The van der Waals surface area contributed by atoms with Gasteiger partial charge in [-0.3, -0.25) is 0 Å². The molecule has 2 unspecified atom stereocenters. The number of benzene rings is 1. The smallest absolute Gasteiger partial charge is 0.327 e. The first kappa shape index (κ1) is 15.9. The molecule has 2 amide bonds. The van der Waals surface area contributed by atoms with Crippen LogP contribution in [0.2, 0.25) is 5.02 Å². The van der Waals surface area contributed by atoms with E-state index in [2.05, 4.69) is 16.6 Å². The summed E-state index contributed by atoms with van der Waals surface area (Å²) >= 11 is 5.86. The highest BCUT2D eigenvalue weighted by Gasteiger charge is 2.19. The Hall–Kier alpha value is -2.19. The largest absolute Gasteiger partial charge is 0.480 e. The van der Waals surface area contributed by atoms with E-state index in [1.807, 2.05) is 6.07 Å². The lowest BCUT2D eigenvalue weighted by Crippen LogP contribution is -2.46. The summed E-state index contributed by atoms with van der Waals surface area (Å²) in [6, 6.07) is 5.02. The number of urea groups is 1. The van der Waals surface area contributed by atoms with Gasteiger partial charge in [-0.1, -0.05) is 23.7 Å². The lowest BCUT2D eigenvalue weighted by molar-refractivity contribution is -0.139. The van der Waals surface area contributed by atoms with Crippen LogP contribution in [0.4, 0.5) is 4.79 Å². The molecule has 1 rings (SSSR count). The lowest BCUT2D eigenvalue weighted by atomic mass is 10.1. The van der Waals surface area contributed by atoms with Crippen LogP contribution < -0.4 is 10.6 Å². The molecule has 0 aromatic heterocycles. The number of halogens is 1. The Balaban J connectivity index is 2.62. The number of nitrogens with one attached hydrogen (secondary N) is 2. The topological polar surface area (TPSA) is 78.4 Å². The lowest BCUT2D eigenvalue weighted by Gasteiger charge is -2.17. The highest BCUT2D eigenvalue weighted by molar-refractivity contribution is 6.30.